The Bertz CT molecular complexity index is 906. The molecule has 2 atom stereocenters. The molecule has 1 fully saturated rings. The van der Waals surface area contributed by atoms with Crippen LogP contribution in [-0.2, 0) is 13.6 Å². The fourth-order valence-electron chi connectivity index (χ4n) is 3.52. The van der Waals surface area contributed by atoms with Gasteiger partial charge in [0, 0.05) is 43.6 Å². The van der Waals surface area contributed by atoms with Crippen LogP contribution in [0, 0.1) is 6.92 Å². The maximum Gasteiger partial charge on any atom is 0.170 e. The fraction of sp³-hybridized carbons (Fsp3) is 0.250. The molecule has 4 heterocycles. The second-order valence-corrected chi connectivity index (χ2v) is 6.96. The fourth-order valence-corrected chi connectivity index (χ4v) is 3.82. The number of hydrogen-bond donors (Lipinski definition) is 1. The van der Waals surface area contributed by atoms with Gasteiger partial charge in [0.2, 0.25) is 0 Å². The van der Waals surface area contributed by atoms with Gasteiger partial charge in [0.05, 0.1) is 17.8 Å². The summed E-state index contributed by atoms with van der Waals surface area (Å²) in [7, 11) is 2.10. The Morgan fingerprint density at radius 2 is 2.00 bits per heavy atom. The Balaban J connectivity index is 1.76. The Morgan fingerprint density at radius 3 is 2.65 bits per heavy atom. The Labute approximate surface area is 158 Å². The van der Waals surface area contributed by atoms with Gasteiger partial charge in [-0.05, 0) is 55.0 Å². The van der Waals surface area contributed by atoms with Crippen LogP contribution in [0.1, 0.15) is 34.7 Å². The molecule has 1 aliphatic rings. The van der Waals surface area contributed by atoms with E-state index < -0.39 is 0 Å². The molecule has 1 N–H and O–H groups in total. The van der Waals surface area contributed by atoms with Crippen molar-refractivity contribution in [3.63, 3.8) is 0 Å². The van der Waals surface area contributed by atoms with Crippen molar-refractivity contribution in [2.75, 3.05) is 0 Å². The van der Waals surface area contributed by atoms with Crippen molar-refractivity contribution in [1.82, 2.24) is 24.8 Å². The highest BCUT2D eigenvalue weighted by molar-refractivity contribution is 7.80. The van der Waals surface area contributed by atoms with E-state index in [-0.39, 0.29) is 12.1 Å². The van der Waals surface area contributed by atoms with Crippen molar-refractivity contribution in [1.29, 1.82) is 0 Å². The molecule has 0 spiro atoms. The molecular weight excluding hydrogens is 342 g/mol. The van der Waals surface area contributed by atoms with Gasteiger partial charge in [-0.3, -0.25) is 9.97 Å². The van der Waals surface area contributed by atoms with Gasteiger partial charge in [-0.15, -0.1) is 0 Å². The van der Waals surface area contributed by atoms with E-state index >= 15 is 0 Å². The summed E-state index contributed by atoms with van der Waals surface area (Å²) in [6, 6.07) is 14.4. The summed E-state index contributed by atoms with van der Waals surface area (Å²) in [4.78, 5) is 11.1. The van der Waals surface area contributed by atoms with E-state index in [1.54, 1.807) is 6.20 Å². The first-order chi connectivity index (χ1) is 12.6. The Hall–Kier alpha value is -2.73. The monoisotopic (exact) mass is 363 g/mol. The molecule has 6 heteroatoms. The van der Waals surface area contributed by atoms with Crippen molar-refractivity contribution < 1.29 is 0 Å². The Morgan fingerprint density at radius 1 is 1.12 bits per heavy atom. The predicted octanol–water partition coefficient (Wildman–Crippen LogP) is 3.30. The van der Waals surface area contributed by atoms with Crippen molar-refractivity contribution in [2.24, 2.45) is 7.05 Å². The van der Waals surface area contributed by atoms with E-state index in [1.165, 1.54) is 11.4 Å². The number of thiocarbonyl (C=S) groups is 1. The summed E-state index contributed by atoms with van der Waals surface area (Å²) in [6.45, 7) is 2.82. The molecular formula is C20H21N5S. The molecule has 0 bridgehead atoms. The number of aromatic nitrogens is 3. The topological polar surface area (TPSA) is 46.0 Å². The molecule has 0 saturated carbocycles. The molecule has 1 aliphatic heterocycles. The first kappa shape index (κ1) is 16.7. The second kappa shape index (κ2) is 6.88. The lowest BCUT2D eigenvalue weighted by molar-refractivity contribution is 0.299. The standard InChI is InChI=1S/C20H21N5S/c1-14-8-9-17(24(14)2)19-18(16-7-3-4-11-22-16)23-20(26)25(19)13-15-6-5-10-21-12-15/h3-12,18-19H,13H2,1-2H3,(H,23,26)/t18-,19-/m1/s1. The van der Waals surface area contributed by atoms with Gasteiger partial charge in [-0.1, -0.05) is 12.1 Å². The van der Waals surface area contributed by atoms with E-state index in [0.717, 1.165) is 16.4 Å². The minimum absolute atomic E-state index is 0.00775. The number of pyridine rings is 2. The van der Waals surface area contributed by atoms with E-state index in [2.05, 4.69) is 63.0 Å². The summed E-state index contributed by atoms with van der Waals surface area (Å²) in [6.07, 6.45) is 5.51. The van der Waals surface area contributed by atoms with Crippen LogP contribution in [-0.4, -0.2) is 24.5 Å². The molecule has 3 aromatic heterocycles. The van der Waals surface area contributed by atoms with Crippen LogP contribution in [0.3, 0.4) is 0 Å². The van der Waals surface area contributed by atoms with Crippen LogP contribution in [0.5, 0.6) is 0 Å². The third-order valence-electron chi connectivity index (χ3n) is 4.99. The van der Waals surface area contributed by atoms with Crippen molar-refractivity contribution >= 4 is 17.3 Å². The number of rotatable bonds is 4. The lowest BCUT2D eigenvalue weighted by Gasteiger charge is -2.28. The number of nitrogens with zero attached hydrogens (tertiary/aromatic N) is 4. The van der Waals surface area contributed by atoms with E-state index in [1.807, 2.05) is 30.6 Å². The van der Waals surface area contributed by atoms with Crippen LogP contribution in [0.2, 0.25) is 0 Å². The SMILES string of the molecule is Cc1ccc([C@@H]2[C@@H](c3ccccn3)NC(=S)N2Cc2cccnc2)n1C. The van der Waals surface area contributed by atoms with Crippen LogP contribution < -0.4 is 5.32 Å². The summed E-state index contributed by atoms with van der Waals surface area (Å²) in [5.41, 5.74) is 4.56. The lowest BCUT2D eigenvalue weighted by Crippen LogP contribution is -2.30. The average molecular weight is 363 g/mol. The summed E-state index contributed by atoms with van der Waals surface area (Å²) in [5, 5.41) is 4.23. The number of aryl methyl sites for hydroxylation is 1. The highest BCUT2D eigenvalue weighted by Gasteiger charge is 2.41. The van der Waals surface area contributed by atoms with Gasteiger partial charge in [0.1, 0.15) is 0 Å². The van der Waals surface area contributed by atoms with Gasteiger partial charge in [-0.2, -0.15) is 0 Å². The molecule has 0 amide bonds. The molecule has 0 aromatic carbocycles. The van der Waals surface area contributed by atoms with E-state index in [0.29, 0.717) is 6.54 Å². The molecule has 0 unspecified atom stereocenters. The molecule has 5 nitrogen and oxygen atoms in total. The van der Waals surface area contributed by atoms with Gasteiger partial charge in [0.15, 0.2) is 5.11 Å². The zero-order valence-electron chi connectivity index (χ0n) is 14.8. The molecule has 3 aromatic rings. The highest BCUT2D eigenvalue weighted by Crippen LogP contribution is 2.39. The van der Waals surface area contributed by atoms with Crippen molar-refractivity contribution in [2.45, 2.75) is 25.6 Å². The third kappa shape index (κ3) is 2.97. The quantitative estimate of drug-likeness (QED) is 0.721. The normalized spacial score (nSPS) is 19.6. The number of nitrogens with one attached hydrogen (secondary N) is 1. The molecule has 26 heavy (non-hydrogen) atoms. The van der Waals surface area contributed by atoms with Crippen LogP contribution in [0.4, 0.5) is 0 Å². The molecule has 1 saturated heterocycles. The van der Waals surface area contributed by atoms with E-state index in [9.17, 15) is 0 Å². The highest BCUT2D eigenvalue weighted by atomic mass is 32.1. The van der Waals surface area contributed by atoms with Gasteiger partial charge in [-0.25, -0.2) is 0 Å². The molecule has 0 aliphatic carbocycles. The minimum Gasteiger partial charge on any atom is -0.352 e. The van der Waals surface area contributed by atoms with Crippen LogP contribution >= 0.6 is 12.2 Å². The van der Waals surface area contributed by atoms with Crippen molar-refractivity contribution in [3.05, 3.63) is 83.7 Å². The first-order valence-corrected chi connectivity index (χ1v) is 9.05. The Kier molecular flexibility index (Phi) is 4.42. The minimum atomic E-state index is 0.00775. The smallest absolute Gasteiger partial charge is 0.170 e. The van der Waals surface area contributed by atoms with Gasteiger partial charge < -0.3 is 14.8 Å². The summed E-state index contributed by atoms with van der Waals surface area (Å²) >= 11 is 5.70. The maximum absolute atomic E-state index is 5.70. The van der Waals surface area contributed by atoms with E-state index in [4.69, 9.17) is 12.2 Å². The van der Waals surface area contributed by atoms with Gasteiger partial charge in [0.25, 0.3) is 0 Å². The maximum atomic E-state index is 5.70. The van der Waals surface area contributed by atoms with Crippen molar-refractivity contribution in [3.8, 4) is 0 Å². The second-order valence-electron chi connectivity index (χ2n) is 6.57. The largest absolute Gasteiger partial charge is 0.352 e. The first-order valence-electron chi connectivity index (χ1n) is 8.64. The average Bonchev–Trinajstić information content (AvgIpc) is 3.17. The number of hydrogen-bond acceptors (Lipinski definition) is 3. The van der Waals surface area contributed by atoms with Gasteiger partial charge >= 0.3 is 0 Å². The van der Waals surface area contributed by atoms with Crippen LogP contribution in [0.15, 0.2) is 61.1 Å². The summed E-state index contributed by atoms with van der Waals surface area (Å²) in [5.74, 6) is 0. The lowest BCUT2D eigenvalue weighted by atomic mass is 10.0. The predicted molar refractivity (Wildman–Crippen MR) is 105 cm³/mol. The third-order valence-corrected chi connectivity index (χ3v) is 5.34. The molecule has 132 valence electrons. The molecule has 0 radical (unpaired) electrons. The zero-order valence-corrected chi connectivity index (χ0v) is 15.6. The molecule has 4 rings (SSSR count). The summed E-state index contributed by atoms with van der Waals surface area (Å²) < 4.78 is 2.23. The van der Waals surface area contributed by atoms with Crippen LogP contribution in [0.25, 0.3) is 0 Å². The zero-order chi connectivity index (χ0) is 18.1.